The van der Waals surface area contributed by atoms with E-state index < -0.39 is 17.4 Å². The highest BCUT2D eigenvalue weighted by Crippen LogP contribution is 2.32. The molecule has 0 spiro atoms. The van der Waals surface area contributed by atoms with E-state index in [9.17, 15) is 14.3 Å². The molecule has 1 aliphatic rings. The Morgan fingerprint density at radius 3 is 2.59 bits per heavy atom. The van der Waals surface area contributed by atoms with Gasteiger partial charge in [-0.3, -0.25) is 4.90 Å². The number of nitrogens with one attached hydrogen (secondary N) is 1. The van der Waals surface area contributed by atoms with E-state index in [-0.39, 0.29) is 31.4 Å². The average molecular weight is 438 g/mol. The molecule has 1 saturated heterocycles. The van der Waals surface area contributed by atoms with E-state index in [1.165, 1.54) is 17.0 Å². The number of benzene rings is 2. The summed E-state index contributed by atoms with van der Waals surface area (Å²) in [4.78, 5) is 13.2. The fourth-order valence-electron chi connectivity index (χ4n) is 3.06. The smallest absolute Gasteiger partial charge is 0.408 e. The summed E-state index contributed by atoms with van der Waals surface area (Å²) >= 11 is 5.97. The van der Waals surface area contributed by atoms with E-state index in [0.717, 1.165) is 5.56 Å². The van der Waals surface area contributed by atoms with Crippen LogP contribution in [0, 0.1) is 5.82 Å². The number of piperazine rings is 1. The Hall–Kier alpha value is -1.73. The first-order chi connectivity index (χ1) is 12.0. The lowest BCUT2D eigenvalue weighted by atomic mass is 9.87. The van der Waals surface area contributed by atoms with Crippen LogP contribution in [-0.4, -0.2) is 42.3 Å². The lowest BCUT2D eigenvalue weighted by Crippen LogP contribution is -2.63. The van der Waals surface area contributed by atoms with Gasteiger partial charge in [0.1, 0.15) is 23.7 Å². The number of carboxylic acid groups (broad SMARTS) is 1. The zero-order chi connectivity index (χ0) is 17.9. The van der Waals surface area contributed by atoms with Gasteiger partial charge in [0.15, 0.2) is 0 Å². The normalized spacial score (nSPS) is 18.8. The summed E-state index contributed by atoms with van der Waals surface area (Å²) in [6.45, 7) is 1.32. The molecule has 5 nitrogen and oxygen atoms in total. The summed E-state index contributed by atoms with van der Waals surface area (Å²) in [5.74, 6) is -0.0563. The van der Waals surface area contributed by atoms with Crippen molar-refractivity contribution in [1.29, 1.82) is 0 Å². The summed E-state index contributed by atoms with van der Waals surface area (Å²) in [6, 6.07) is 12.8. The standard InChI is InChI=1S/C18H18ClFN2O3.2ClH/c19-14-6-4-13(5-7-14)18(11-21-8-9-22(18)17(23)24)12-25-16-3-1-2-15(20)10-16;;/h1-7,10,21H,8-9,11-12H2,(H,23,24);2*1H. The van der Waals surface area contributed by atoms with Gasteiger partial charge >= 0.3 is 6.09 Å². The molecule has 0 bridgehead atoms. The molecule has 0 aromatic heterocycles. The van der Waals surface area contributed by atoms with Crippen LogP contribution in [0.2, 0.25) is 5.02 Å². The molecule has 0 saturated carbocycles. The largest absolute Gasteiger partial charge is 0.491 e. The fourth-order valence-corrected chi connectivity index (χ4v) is 3.19. The maximum atomic E-state index is 13.4. The zero-order valence-electron chi connectivity index (χ0n) is 14.2. The Morgan fingerprint density at radius 2 is 1.96 bits per heavy atom. The lowest BCUT2D eigenvalue weighted by molar-refractivity contribution is 0.0218. The maximum Gasteiger partial charge on any atom is 0.408 e. The monoisotopic (exact) mass is 436 g/mol. The number of amides is 1. The van der Waals surface area contributed by atoms with Crippen molar-refractivity contribution in [2.75, 3.05) is 26.2 Å². The Labute approximate surface area is 174 Å². The summed E-state index contributed by atoms with van der Waals surface area (Å²) in [6.07, 6.45) is -1.03. The first-order valence-electron chi connectivity index (χ1n) is 7.87. The molecule has 0 radical (unpaired) electrons. The van der Waals surface area contributed by atoms with Crippen LogP contribution >= 0.6 is 36.4 Å². The van der Waals surface area contributed by atoms with Crippen LogP contribution in [0.25, 0.3) is 0 Å². The molecule has 2 aromatic rings. The Kier molecular flexibility index (Phi) is 8.62. The molecule has 1 atom stereocenters. The highest BCUT2D eigenvalue weighted by molar-refractivity contribution is 6.30. The van der Waals surface area contributed by atoms with Crippen LogP contribution in [-0.2, 0) is 5.54 Å². The second-order valence-electron chi connectivity index (χ2n) is 5.90. The molecule has 1 aliphatic heterocycles. The number of halogens is 4. The van der Waals surface area contributed by atoms with E-state index in [2.05, 4.69) is 5.32 Å². The van der Waals surface area contributed by atoms with Crippen molar-refractivity contribution in [3.8, 4) is 5.75 Å². The number of ether oxygens (including phenoxy) is 1. The third-order valence-electron chi connectivity index (χ3n) is 4.33. The van der Waals surface area contributed by atoms with E-state index in [4.69, 9.17) is 16.3 Å². The Balaban J connectivity index is 0.00000182. The second-order valence-corrected chi connectivity index (χ2v) is 6.33. The minimum absolute atomic E-state index is 0. The van der Waals surface area contributed by atoms with E-state index in [0.29, 0.717) is 30.4 Å². The van der Waals surface area contributed by atoms with Crippen LogP contribution in [0.3, 0.4) is 0 Å². The van der Waals surface area contributed by atoms with Gasteiger partial charge in [0.05, 0.1) is 0 Å². The first kappa shape index (κ1) is 23.3. The fraction of sp³-hybridized carbons (Fsp3) is 0.278. The number of rotatable bonds is 4. The van der Waals surface area contributed by atoms with Crippen molar-refractivity contribution in [3.63, 3.8) is 0 Å². The molecule has 3 rings (SSSR count). The molecule has 1 unspecified atom stereocenters. The molecule has 2 N–H and O–H groups in total. The SMILES string of the molecule is Cl.Cl.O=C(O)N1CCNCC1(COc1cccc(F)c1)c1ccc(Cl)cc1. The molecular formula is C18H20Cl3FN2O3. The minimum atomic E-state index is -1.03. The predicted molar refractivity (Wildman–Crippen MR) is 107 cm³/mol. The molecule has 2 aromatic carbocycles. The van der Waals surface area contributed by atoms with Gasteiger partial charge in [0, 0.05) is 30.7 Å². The molecule has 1 amide bonds. The van der Waals surface area contributed by atoms with Crippen molar-refractivity contribution >= 4 is 42.5 Å². The molecule has 1 fully saturated rings. The zero-order valence-corrected chi connectivity index (χ0v) is 16.6. The van der Waals surface area contributed by atoms with Crippen molar-refractivity contribution in [1.82, 2.24) is 10.2 Å². The lowest BCUT2D eigenvalue weighted by Gasteiger charge is -2.45. The predicted octanol–water partition coefficient (Wildman–Crippen LogP) is 4.18. The van der Waals surface area contributed by atoms with Crippen molar-refractivity contribution in [3.05, 3.63) is 64.9 Å². The maximum absolute atomic E-state index is 13.4. The van der Waals surface area contributed by atoms with Gasteiger partial charge in [-0.2, -0.15) is 0 Å². The Morgan fingerprint density at radius 1 is 1.26 bits per heavy atom. The van der Waals surface area contributed by atoms with Crippen LogP contribution < -0.4 is 10.1 Å². The average Bonchev–Trinajstić information content (AvgIpc) is 2.61. The van der Waals surface area contributed by atoms with Crippen LogP contribution in [0.5, 0.6) is 5.75 Å². The van der Waals surface area contributed by atoms with Crippen LogP contribution in [0.15, 0.2) is 48.5 Å². The number of hydrogen-bond donors (Lipinski definition) is 2. The topological polar surface area (TPSA) is 61.8 Å². The second kappa shape index (κ2) is 9.99. The quantitative estimate of drug-likeness (QED) is 0.753. The van der Waals surface area contributed by atoms with E-state index >= 15 is 0 Å². The van der Waals surface area contributed by atoms with Gasteiger partial charge in [-0.25, -0.2) is 9.18 Å². The summed E-state index contributed by atoms with van der Waals surface area (Å²) in [5, 5.41) is 13.5. The summed E-state index contributed by atoms with van der Waals surface area (Å²) < 4.78 is 19.2. The van der Waals surface area contributed by atoms with Gasteiger partial charge < -0.3 is 15.2 Å². The highest BCUT2D eigenvalue weighted by atomic mass is 35.5. The van der Waals surface area contributed by atoms with Crippen molar-refractivity contribution in [2.45, 2.75) is 5.54 Å². The molecule has 148 valence electrons. The molecule has 27 heavy (non-hydrogen) atoms. The van der Waals surface area contributed by atoms with Crippen LogP contribution in [0.1, 0.15) is 5.56 Å². The number of carbonyl (C=O) groups is 1. The molecule has 9 heteroatoms. The third-order valence-corrected chi connectivity index (χ3v) is 4.58. The van der Waals surface area contributed by atoms with E-state index in [1.54, 1.807) is 36.4 Å². The van der Waals surface area contributed by atoms with Crippen LogP contribution in [0.4, 0.5) is 9.18 Å². The minimum Gasteiger partial charge on any atom is -0.491 e. The summed E-state index contributed by atoms with van der Waals surface area (Å²) in [5.41, 5.74) is -0.163. The first-order valence-corrected chi connectivity index (χ1v) is 8.25. The van der Waals surface area contributed by atoms with Crippen molar-refractivity contribution in [2.24, 2.45) is 0 Å². The molecule has 1 heterocycles. The van der Waals surface area contributed by atoms with E-state index in [1.807, 2.05) is 0 Å². The Bertz CT molecular complexity index is 764. The molecular weight excluding hydrogens is 418 g/mol. The number of nitrogens with zero attached hydrogens (tertiary/aromatic N) is 1. The third kappa shape index (κ3) is 5.17. The molecule has 0 aliphatic carbocycles. The van der Waals surface area contributed by atoms with Gasteiger partial charge in [-0.1, -0.05) is 29.8 Å². The highest BCUT2D eigenvalue weighted by Gasteiger charge is 2.44. The van der Waals surface area contributed by atoms with Gasteiger partial charge in [-0.15, -0.1) is 24.8 Å². The van der Waals surface area contributed by atoms with Gasteiger partial charge in [-0.05, 0) is 29.8 Å². The van der Waals surface area contributed by atoms with Crippen molar-refractivity contribution < 1.29 is 19.0 Å². The van der Waals surface area contributed by atoms with Gasteiger partial charge in [0.25, 0.3) is 0 Å². The number of hydrogen-bond acceptors (Lipinski definition) is 3. The summed E-state index contributed by atoms with van der Waals surface area (Å²) in [7, 11) is 0. The van der Waals surface area contributed by atoms with Gasteiger partial charge in [0.2, 0.25) is 0 Å².